The minimum absolute atomic E-state index is 0.525. The zero-order valence-electron chi connectivity index (χ0n) is 12.6. The van der Waals surface area contributed by atoms with E-state index >= 15 is 0 Å². The van der Waals surface area contributed by atoms with E-state index < -0.39 is 0 Å². The van der Waals surface area contributed by atoms with Crippen molar-refractivity contribution in [1.29, 1.82) is 0 Å². The first-order chi connectivity index (χ1) is 10.8. The van der Waals surface area contributed by atoms with Crippen molar-refractivity contribution in [2.75, 3.05) is 0 Å². The summed E-state index contributed by atoms with van der Waals surface area (Å²) in [6.07, 6.45) is 2.20. The Morgan fingerprint density at radius 1 is 0.955 bits per heavy atom. The van der Waals surface area contributed by atoms with E-state index in [0.29, 0.717) is 12.8 Å². The van der Waals surface area contributed by atoms with Crippen molar-refractivity contribution in [1.82, 2.24) is 4.98 Å². The van der Waals surface area contributed by atoms with Gasteiger partial charge in [0, 0.05) is 17.5 Å². The molecular formula is C19H19N2O+. The van der Waals surface area contributed by atoms with Gasteiger partial charge in [0.1, 0.15) is 6.29 Å². The van der Waals surface area contributed by atoms with Gasteiger partial charge in [-0.15, -0.1) is 0 Å². The van der Waals surface area contributed by atoms with Gasteiger partial charge in [0.2, 0.25) is 0 Å². The topological polar surface area (TPSA) is 36.7 Å². The summed E-state index contributed by atoms with van der Waals surface area (Å²) in [6, 6.07) is 20.6. The number of hydrogen-bond donors (Lipinski definition) is 1. The molecule has 2 aromatic carbocycles. The van der Waals surface area contributed by atoms with Crippen LogP contribution in [-0.4, -0.2) is 11.3 Å². The minimum atomic E-state index is 0.525. The van der Waals surface area contributed by atoms with Crippen molar-refractivity contribution >= 4 is 6.29 Å². The number of nitrogens with one attached hydrogen (secondary N) is 1. The molecule has 0 spiro atoms. The number of nitrogens with zero attached hydrogens (tertiary/aromatic N) is 1. The number of aryl methyl sites for hydroxylation is 1. The Morgan fingerprint density at radius 3 is 2.14 bits per heavy atom. The van der Waals surface area contributed by atoms with Crippen LogP contribution in [0.4, 0.5) is 0 Å². The van der Waals surface area contributed by atoms with Crippen molar-refractivity contribution in [3.05, 3.63) is 66.5 Å². The molecule has 0 atom stereocenters. The molecule has 22 heavy (non-hydrogen) atoms. The van der Waals surface area contributed by atoms with Gasteiger partial charge in [0.25, 0.3) is 5.82 Å². The third kappa shape index (κ3) is 2.70. The molecule has 0 aliphatic heterocycles. The molecule has 3 rings (SSSR count). The fourth-order valence-electron chi connectivity index (χ4n) is 2.76. The summed E-state index contributed by atoms with van der Waals surface area (Å²) >= 11 is 0. The molecule has 0 radical (unpaired) electrons. The van der Waals surface area contributed by atoms with Crippen LogP contribution in [0.2, 0.25) is 0 Å². The van der Waals surface area contributed by atoms with Gasteiger partial charge in [-0.25, -0.2) is 9.55 Å². The summed E-state index contributed by atoms with van der Waals surface area (Å²) in [5.74, 6) is 1.06. The van der Waals surface area contributed by atoms with E-state index in [2.05, 4.69) is 33.8 Å². The predicted octanol–water partition coefficient (Wildman–Crippen LogP) is 3.30. The lowest BCUT2D eigenvalue weighted by Gasteiger charge is -2.01. The zero-order chi connectivity index (χ0) is 15.4. The number of imidazole rings is 1. The molecule has 3 heteroatoms. The highest BCUT2D eigenvalue weighted by Crippen LogP contribution is 2.28. The molecular weight excluding hydrogens is 272 g/mol. The highest BCUT2D eigenvalue weighted by molar-refractivity contribution is 5.76. The number of benzene rings is 2. The molecule has 0 saturated heterocycles. The fraction of sp³-hybridized carbons (Fsp3) is 0.158. The van der Waals surface area contributed by atoms with Crippen LogP contribution < -0.4 is 4.57 Å². The molecule has 0 unspecified atom stereocenters. The second kappa shape index (κ2) is 6.39. The maximum atomic E-state index is 10.7. The summed E-state index contributed by atoms with van der Waals surface area (Å²) in [7, 11) is 2.05. The van der Waals surface area contributed by atoms with Crippen LogP contribution in [0.15, 0.2) is 60.7 Å². The predicted molar refractivity (Wildman–Crippen MR) is 87.2 cm³/mol. The third-order valence-electron chi connectivity index (χ3n) is 3.86. The first kappa shape index (κ1) is 14.3. The number of hydrogen-bond acceptors (Lipinski definition) is 1. The number of carbonyl (C=O) groups excluding carboxylic acids is 1. The molecule has 3 aromatic rings. The van der Waals surface area contributed by atoms with Crippen LogP contribution in [0, 0.1) is 0 Å². The first-order valence-electron chi connectivity index (χ1n) is 7.46. The number of aromatic nitrogens is 2. The lowest BCUT2D eigenvalue weighted by Crippen LogP contribution is -2.33. The highest BCUT2D eigenvalue weighted by Gasteiger charge is 2.24. The fourth-order valence-corrected chi connectivity index (χ4v) is 2.76. The van der Waals surface area contributed by atoms with E-state index in [4.69, 9.17) is 0 Å². The van der Waals surface area contributed by atoms with Crippen LogP contribution in [-0.2, 0) is 18.3 Å². The van der Waals surface area contributed by atoms with Crippen LogP contribution in [0.25, 0.3) is 22.5 Å². The summed E-state index contributed by atoms with van der Waals surface area (Å²) in [5.41, 5.74) is 4.55. The Labute approximate surface area is 130 Å². The van der Waals surface area contributed by atoms with Gasteiger partial charge >= 0.3 is 0 Å². The van der Waals surface area contributed by atoms with Crippen molar-refractivity contribution in [3.63, 3.8) is 0 Å². The van der Waals surface area contributed by atoms with Gasteiger partial charge in [0.05, 0.1) is 13.5 Å². The maximum Gasteiger partial charge on any atom is 0.255 e. The second-order valence-electron chi connectivity index (χ2n) is 5.29. The van der Waals surface area contributed by atoms with Crippen molar-refractivity contribution in [2.24, 2.45) is 7.05 Å². The average molecular weight is 291 g/mol. The van der Waals surface area contributed by atoms with Gasteiger partial charge in [-0.05, 0) is 0 Å². The van der Waals surface area contributed by atoms with Gasteiger partial charge in [-0.1, -0.05) is 60.7 Å². The van der Waals surface area contributed by atoms with Crippen LogP contribution >= 0.6 is 0 Å². The molecule has 0 fully saturated rings. The van der Waals surface area contributed by atoms with Crippen molar-refractivity contribution in [2.45, 2.75) is 12.8 Å². The summed E-state index contributed by atoms with van der Waals surface area (Å²) < 4.78 is 2.15. The van der Waals surface area contributed by atoms with E-state index in [0.717, 1.165) is 34.6 Å². The first-order valence-corrected chi connectivity index (χ1v) is 7.46. The van der Waals surface area contributed by atoms with Crippen LogP contribution in [0.3, 0.4) is 0 Å². The molecule has 0 amide bonds. The third-order valence-corrected chi connectivity index (χ3v) is 3.86. The molecule has 3 nitrogen and oxygen atoms in total. The van der Waals surface area contributed by atoms with E-state index in [1.54, 1.807) is 0 Å². The van der Waals surface area contributed by atoms with Crippen molar-refractivity contribution < 1.29 is 9.36 Å². The Balaban J connectivity index is 2.17. The van der Waals surface area contributed by atoms with Crippen molar-refractivity contribution in [3.8, 4) is 22.5 Å². The Bertz CT molecular complexity index is 761. The highest BCUT2D eigenvalue weighted by atomic mass is 16.1. The van der Waals surface area contributed by atoms with Gasteiger partial charge in [-0.3, -0.25) is 0 Å². The molecule has 0 aliphatic carbocycles. The maximum absolute atomic E-state index is 10.7. The molecule has 1 heterocycles. The summed E-state index contributed by atoms with van der Waals surface area (Å²) in [6.45, 7) is 0. The van der Waals surface area contributed by atoms with Gasteiger partial charge in [-0.2, -0.15) is 0 Å². The Kier molecular flexibility index (Phi) is 4.15. The zero-order valence-corrected chi connectivity index (χ0v) is 12.6. The van der Waals surface area contributed by atoms with E-state index in [9.17, 15) is 4.79 Å². The molecule has 1 N–H and O–H groups in total. The normalized spacial score (nSPS) is 10.6. The number of aromatic amines is 1. The van der Waals surface area contributed by atoms with Gasteiger partial charge in [0.15, 0.2) is 11.4 Å². The van der Waals surface area contributed by atoms with Crippen LogP contribution in [0.5, 0.6) is 0 Å². The quantitative estimate of drug-likeness (QED) is 0.568. The SMILES string of the molecule is C[n+]1c(CCC=O)[nH]c(-c2ccccc2)c1-c1ccccc1. The molecule has 0 saturated carbocycles. The number of carbonyl (C=O) groups is 1. The number of aldehydes is 1. The molecule has 110 valence electrons. The lowest BCUT2D eigenvalue weighted by molar-refractivity contribution is -0.667. The Morgan fingerprint density at radius 2 is 1.55 bits per heavy atom. The standard InChI is InChI=1S/C19H18N2O/c1-21-17(13-8-14-22)20-18(15-9-4-2-5-10-15)19(21)16-11-6-3-7-12-16/h2-7,9-12,14H,8,13H2,1H3/p+1. The molecule has 1 aromatic heterocycles. The second-order valence-corrected chi connectivity index (χ2v) is 5.29. The smallest absolute Gasteiger partial charge is 0.255 e. The van der Waals surface area contributed by atoms with E-state index in [1.165, 1.54) is 0 Å². The summed E-state index contributed by atoms with van der Waals surface area (Å²) in [4.78, 5) is 14.2. The monoisotopic (exact) mass is 291 g/mol. The molecule has 0 bridgehead atoms. The Hall–Kier alpha value is -2.68. The minimum Gasteiger partial charge on any atom is -0.303 e. The number of H-pyrrole nitrogens is 1. The number of rotatable bonds is 5. The van der Waals surface area contributed by atoms with E-state index in [-0.39, 0.29) is 0 Å². The average Bonchev–Trinajstić information content (AvgIpc) is 2.91. The molecule has 0 aliphatic rings. The summed E-state index contributed by atoms with van der Waals surface area (Å²) in [5, 5.41) is 0. The largest absolute Gasteiger partial charge is 0.303 e. The lowest BCUT2D eigenvalue weighted by atomic mass is 10.1. The van der Waals surface area contributed by atoms with E-state index in [1.807, 2.05) is 43.4 Å². The van der Waals surface area contributed by atoms with Gasteiger partial charge < -0.3 is 4.79 Å². The van der Waals surface area contributed by atoms with Crippen LogP contribution in [0.1, 0.15) is 12.2 Å².